The topological polar surface area (TPSA) is 57.5 Å². The van der Waals surface area contributed by atoms with Crippen molar-refractivity contribution in [1.29, 1.82) is 0 Å². The first kappa shape index (κ1) is 14.1. The number of nitrogens with zero attached hydrogens (tertiary/aromatic N) is 1. The first-order valence-corrected chi connectivity index (χ1v) is 7.02. The SMILES string of the molecule is CCOC(=O)c1ccn(C2C=Cc3ccccc3O2)c(=O)c1. The molecule has 0 spiro atoms. The van der Waals surface area contributed by atoms with Crippen LogP contribution in [-0.2, 0) is 4.74 Å². The molecule has 0 N–H and O–H groups in total. The molecule has 5 heteroatoms. The van der Waals surface area contributed by atoms with Crippen molar-refractivity contribution in [2.45, 2.75) is 13.2 Å². The molecule has 0 radical (unpaired) electrons. The Kier molecular flexibility index (Phi) is 3.78. The first-order chi connectivity index (χ1) is 10.7. The van der Waals surface area contributed by atoms with Crippen molar-refractivity contribution in [3.8, 4) is 5.75 Å². The van der Waals surface area contributed by atoms with Crippen LogP contribution in [0.1, 0.15) is 29.1 Å². The third-order valence-corrected chi connectivity index (χ3v) is 3.34. The fourth-order valence-electron chi connectivity index (χ4n) is 2.27. The zero-order valence-electron chi connectivity index (χ0n) is 12.1. The molecule has 1 aliphatic rings. The molecule has 112 valence electrons. The van der Waals surface area contributed by atoms with Crippen molar-refractivity contribution in [3.05, 3.63) is 70.2 Å². The van der Waals surface area contributed by atoms with Gasteiger partial charge in [-0.05, 0) is 31.2 Å². The highest BCUT2D eigenvalue weighted by Crippen LogP contribution is 2.28. The molecular weight excluding hydrogens is 282 g/mol. The number of pyridine rings is 1. The van der Waals surface area contributed by atoms with Crippen LogP contribution in [0.15, 0.2) is 53.5 Å². The maximum Gasteiger partial charge on any atom is 0.338 e. The maximum atomic E-state index is 12.2. The predicted molar refractivity (Wildman–Crippen MR) is 81.8 cm³/mol. The third-order valence-electron chi connectivity index (χ3n) is 3.34. The number of ether oxygens (including phenoxy) is 2. The number of hydrogen-bond donors (Lipinski definition) is 0. The van der Waals surface area contributed by atoms with E-state index in [4.69, 9.17) is 9.47 Å². The van der Waals surface area contributed by atoms with E-state index in [1.165, 1.54) is 16.8 Å². The minimum absolute atomic E-state index is 0.239. The molecular formula is C17H15NO4. The number of carbonyl (C=O) groups is 1. The van der Waals surface area contributed by atoms with Crippen LogP contribution in [0.5, 0.6) is 5.75 Å². The molecule has 0 fully saturated rings. The minimum atomic E-state index is -0.529. The van der Waals surface area contributed by atoms with E-state index in [0.717, 1.165) is 11.3 Å². The van der Waals surface area contributed by atoms with Crippen molar-refractivity contribution < 1.29 is 14.3 Å². The van der Waals surface area contributed by atoms with Gasteiger partial charge in [0, 0.05) is 17.8 Å². The third kappa shape index (κ3) is 2.65. The molecule has 0 amide bonds. The summed E-state index contributed by atoms with van der Waals surface area (Å²) >= 11 is 0. The van der Waals surface area contributed by atoms with Gasteiger partial charge >= 0.3 is 5.97 Å². The van der Waals surface area contributed by atoms with Crippen molar-refractivity contribution in [1.82, 2.24) is 4.57 Å². The molecule has 1 aromatic carbocycles. The predicted octanol–water partition coefficient (Wildman–Crippen LogP) is 2.63. The highest BCUT2D eigenvalue weighted by molar-refractivity contribution is 5.89. The second-order valence-electron chi connectivity index (χ2n) is 4.79. The molecule has 0 saturated heterocycles. The van der Waals surface area contributed by atoms with Crippen LogP contribution in [0.3, 0.4) is 0 Å². The van der Waals surface area contributed by atoms with E-state index in [1.54, 1.807) is 19.1 Å². The first-order valence-electron chi connectivity index (χ1n) is 7.02. The Balaban J connectivity index is 1.88. The lowest BCUT2D eigenvalue weighted by molar-refractivity contribution is 0.0525. The van der Waals surface area contributed by atoms with Gasteiger partial charge in [-0.1, -0.05) is 18.2 Å². The van der Waals surface area contributed by atoms with E-state index >= 15 is 0 Å². The van der Waals surface area contributed by atoms with Gasteiger partial charge in [-0.15, -0.1) is 0 Å². The Morgan fingerprint density at radius 3 is 2.91 bits per heavy atom. The van der Waals surface area contributed by atoms with E-state index in [9.17, 15) is 9.59 Å². The Hall–Kier alpha value is -2.82. The highest BCUT2D eigenvalue weighted by atomic mass is 16.5. The van der Waals surface area contributed by atoms with Gasteiger partial charge in [-0.3, -0.25) is 9.36 Å². The number of esters is 1. The lowest BCUT2D eigenvalue weighted by atomic mass is 10.1. The van der Waals surface area contributed by atoms with Crippen LogP contribution in [0.25, 0.3) is 6.08 Å². The summed E-state index contributed by atoms with van der Waals surface area (Å²) in [6.45, 7) is 1.99. The van der Waals surface area contributed by atoms with E-state index in [2.05, 4.69) is 0 Å². The summed E-state index contributed by atoms with van der Waals surface area (Å²) in [5.41, 5.74) is 0.887. The van der Waals surface area contributed by atoms with Crippen LogP contribution in [-0.4, -0.2) is 17.1 Å². The number of aromatic nitrogens is 1. The fraction of sp³-hybridized carbons (Fsp3) is 0.176. The van der Waals surface area contributed by atoms with Crippen molar-refractivity contribution in [2.24, 2.45) is 0 Å². The Labute approximate surface area is 127 Å². The summed E-state index contributed by atoms with van der Waals surface area (Å²) in [7, 11) is 0. The molecule has 1 atom stereocenters. The summed E-state index contributed by atoms with van der Waals surface area (Å²) in [6.07, 6.45) is 4.72. The molecule has 1 aliphatic heterocycles. The Bertz CT molecular complexity index is 791. The van der Waals surface area contributed by atoms with Gasteiger partial charge in [0.1, 0.15) is 5.75 Å². The smallest absolute Gasteiger partial charge is 0.338 e. The number of hydrogen-bond acceptors (Lipinski definition) is 4. The maximum absolute atomic E-state index is 12.2. The van der Waals surface area contributed by atoms with Gasteiger partial charge < -0.3 is 9.47 Å². The van der Waals surface area contributed by atoms with E-state index in [-0.39, 0.29) is 17.7 Å². The average Bonchev–Trinajstić information content (AvgIpc) is 2.54. The summed E-state index contributed by atoms with van der Waals surface area (Å²) in [4.78, 5) is 23.8. The quantitative estimate of drug-likeness (QED) is 0.817. The fourth-order valence-corrected chi connectivity index (χ4v) is 2.27. The molecule has 1 aromatic heterocycles. The minimum Gasteiger partial charge on any atom is -0.466 e. The lowest BCUT2D eigenvalue weighted by Crippen LogP contribution is -2.28. The molecule has 5 nitrogen and oxygen atoms in total. The molecule has 2 heterocycles. The van der Waals surface area contributed by atoms with Gasteiger partial charge in [0.05, 0.1) is 12.2 Å². The normalized spacial score (nSPS) is 15.8. The Morgan fingerprint density at radius 2 is 2.14 bits per heavy atom. The molecule has 0 saturated carbocycles. The largest absolute Gasteiger partial charge is 0.466 e. The zero-order chi connectivity index (χ0) is 15.5. The van der Waals surface area contributed by atoms with Crippen molar-refractivity contribution in [3.63, 3.8) is 0 Å². The zero-order valence-corrected chi connectivity index (χ0v) is 12.1. The van der Waals surface area contributed by atoms with Crippen LogP contribution >= 0.6 is 0 Å². The molecule has 3 rings (SSSR count). The summed E-state index contributed by atoms with van der Waals surface area (Å²) in [6, 6.07) is 10.4. The molecule has 2 aromatic rings. The molecule has 1 unspecified atom stereocenters. The second kappa shape index (κ2) is 5.89. The van der Waals surface area contributed by atoms with Gasteiger partial charge in [-0.25, -0.2) is 4.79 Å². The Morgan fingerprint density at radius 1 is 1.32 bits per heavy atom. The highest BCUT2D eigenvalue weighted by Gasteiger charge is 2.17. The standard InChI is InChI=1S/C17H15NO4/c1-2-21-17(20)13-9-10-18(15(19)11-13)16-8-7-12-5-3-4-6-14(12)22-16/h3-11,16H,2H2,1H3. The summed E-state index contributed by atoms with van der Waals surface area (Å²) in [5, 5.41) is 0. The lowest BCUT2D eigenvalue weighted by Gasteiger charge is -2.23. The molecule has 0 aliphatic carbocycles. The van der Waals surface area contributed by atoms with Crippen LogP contribution in [0.4, 0.5) is 0 Å². The van der Waals surface area contributed by atoms with Gasteiger partial charge in [0.2, 0.25) is 0 Å². The van der Waals surface area contributed by atoms with Gasteiger partial charge in [-0.2, -0.15) is 0 Å². The number of carbonyl (C=O) groups excluding carboxylic acids is 1. The van der Waals surface area contributed by atoms with Crippen molar-refractivity contribution in [2.75, 3.05) is 6.61 Å². The molecule has 0 bridgehead atoms. The van der Waals surface area contributed by atoms with E-state index in [0.29, 0.717) is 0 Å². The van der Waals surface area contributed by atoms with Gasteiger partial charge in [0.15, 0.2) is 6.23 Å². The van der Waals surface area contributed by atoms with Gasteiger partial charge in [0.25, 0.3) is 5.56 Å². The van der Waals surface area contributed by atoms with Crippen LogP contribution in [0, 0.1) is 0 Å². The van der Waals surface area contributed by atoms with Crippen LogP contribution in [0.2, 0.25) is 0 Å². The monoisotopic (exact) mass is 297 g/mol. The van der Waals surface area contributed by atoms with E-state index in [1.807, 2.05) is 30.3 Å². The van der Waals surface area contributed by atoms with Crippen molar-refractivity contribution >= 4 is 12.0 Å². The number of benzene rings is 1. The average molecular weight is 297 g/mol. The summed E-state index contributed by atoms with van der Waals surface area (Å²) < 4.78 is 12.1. The summed E-state index contributed by atoms with van der Waals surface area (Å²) in [5.74, 6) is 0.216. The number of rotatable bonds is 3. The second-order valence-corrected chi connectivity index (χ2v) is 4.79. The molecule has 22 heavy (non-hydrogen) atoms. The number of para-hydroxylation sites is 1. The number of fused-ring (bicyclic) bond motifs is 1. The van der Waals surface area contributed by atoms with Crippen LogP contribution < -0.4 is 10.3 Å². The van der Waals surface area contributed by atoms with E-state index < -0.39 is 12.2 Å².